The Bertz CT molecular complexity index is 1660. The molecule has 12 nitrogen and oxygen atoms in total. The third-order valence-electron chi connectivity index (χ3n) is 8.15. The van der Waals surface area contributed by atoms with E-state index in [1.165, 1.54) is 41.3 Å². The van der Waals surface area contributed by atoms with E-state index in [0.29, 0.717) is 29.3 Å². The topological polar surface area (TPSA) is 150 Å². The lowest BCUT2D eigenvalue weighted by Gasteiger charge is -2.50. The van der Waals surface area contributed by atoms with Crippen molar-refractivity contribution < 1.29 is 32.3 Å². The molecule has 240 valence electrons. The standard InChI is InChI=1S/C30H33Cl2N5O7S/c1-29(2,3)44-28(40)35-15-30(16-35,25-10-5-18(31)13-34-25)27(39)36-14-21(12-23(36)26(38)37(17-33)19-6-7-19)45(41,42)24-9-8-20(43-4)11-22(24)32/h5,8-11,13,19,21,23H,6-7,12,14-16H2,1-4H3/t21-,23+/m1/s1. The van der Waals surface area contributed by atoms with E-state index in [1.54, 1.807) is 32.9 Å². The van der Waals surface area contributed by atoms with E-state index in [1.807, 2.05) is 6.19 Å². The molecule has 2 aliphatic heterocycles. The van der Waals surface area contributed by atoms with Gasteiger partial charge in [0.25, 0.3) is 5.91 Å². The van der Waals surface area contributed by atoms with Gasteiger partial charge in [0.2, 0.25) is 5.91 Å². The zero-order valence-electron chi connectivity index (χ0n) is 25.2. The third kappa shape index (κ3) is 6.28. The molecule has 1 aromatic heterocycles. The summed E-state index contributed by atoms with van der Waals surface area (Å²) in [7, 11) is -2.74. The van der Waals surface area contributed by atoms with Crippen LogP contribution in [0.1, 0.15) is 45.7 Å². The Labute approximate surface area is 271 Å². The number of amides is 3. The predicted molar refractivity (Wildman–Crippen MR) is 163 cm³/mol. The molecule has 45 heavy (non-hydrogen) atoms. The molecule has 2 aromatic rings. The average molecular weight is 679 g/mol. The maximum absolute atomic E-state index is 14.6. The van der Waals surface area contributed by atoms with Crippen molar-refractivity contribution in [2.75, 3.05) is 26.7 Å². The summed E-state index contributed by atoms with van der Waals surface area (Å²) in [5.74, 6) is -0.890. The van der Waals surface area contributed by atoms with Crippen molar-refractivity contribution in [2.24, 2.45) is 0 Å². The van der Waals surface area contributed by atoms with E-state index < -0.39 is 50.1 Å². The molecule has 3 fully saturated rings. The van der Waals surface area contributed by atoms with Gasteiger partial charge in [-0.25, -0.2) is 18.1 Å². The summed E-state index contributed by atoms with van der Waals surface area (Å²) in [4.78, 5) is 49.2. The maximum Gasteiger partial charge on any atom is 0.410 e. The predicted octanol–water partition coefficient (Wildman–Crippen LogP) is 3.80. The van der Waals surface area contributed by atoms with E-state index >= 15 is 0 Å². The van der Waals surface area contributed by atoms with Crippen LogP contribution in [0.5, 0.6) is 5.75 Å². The summed E-state index contributed by atoms with van der Waals surface area (Å²) < 4.78 is 38.5. The Morgan fingerprint density at radius 2 is 1.82 bits per heavy atom. The number of ether oxygens (including phenoxy) is 2. The number of halogens is 2. The number of rotatable bonds is 7. The highest BCUT2D eigenvalue weighted by atomic mass is 35.5. The molecule has 2 saturated heterocycles. The van der Waals surface area contributed by atoms with Crippen LogP contribution in [0.4, 0.5) is 4.79 Å². The highest BCUT2D eigenvalue weighted by Crippen LogP contribution is 2.41. The molecule has 1 aromatic carbocycles. The Kier molecular flexibility index (Phi) is 8.72. The van der Waals surface area contributed by atoms with E-state index in [9.17, 15) is 28.1 Å². The van der Waals surface area contributed by atoms with Gasteiger partial charge in [0.1, 0.15) is 22.8 Å². The van der Waals surface area contributed by atoms with Gasteiger partial charge in [0.15, 0.2) is 16.0 Å². The van der Waals surface area contributed by atoms with Gasteiger partial charge in [-0.2, -0.15) is 5.26 Å². The Balaban J connectivity index is 1.52. The first-order chi connectivity index (χ1) is 21.1. The minimum Gasteiger partial charge on any atom is -0.497 e. The minimum atomic E-state index is -4.17. The second kappa shape index (κ2) is 12.0. The lowest BCUT2D eigenvalue weighted by Crippen LogP contribution is -2.69. The maximum atomic E-state index is 14.6. The van der Waals surface area contributed by atoms with Crippen molar-refractivity contribution >= 4 is 50.9 Å². The first-order valence-electron chi connectivity index (χ1n) is 14.3. The van der Waals surface area contributed by atoms with Crippen LogP contribution in [0.2, 0.25) is 10.0 Å². The Morgan fingerprint density at radius 1 is 1.13 bits per heavy atom. The number of hydrogen-bond donors (Lipinski definition) is 0. The molecule has 1 saturated carbocycles. The van der Waals surface area contributed by atoms with Gasteiger partial charge in [-0.15, -0.1) is 0 Å². The van der Waals surface area contributed by atoms with Gasteiger partial charge in [0.05, 0.1) is 33.0 Å². The summed E-state index contributed by atoms with van der Waals surface area (Å²) in [6.45, 7) is 4.58. The second-order valence-corrected chi connectivity index (χ2v) is 15.5. The van der Waals surface area contributed by atoms with Crippen LogP contribution >= 0.6 is 23.2 Å². The molecule has 3 aliphatic rings. The average Bonchev–Trinajstić information content (AvgIpc) is 3.67. The molecule has 3 heterocycles. The van der Waals surface area contributed by atoms with Crippen molar-refractivity contribution in [1.82, 2.24) is 19.7 Å². The number of carbonyl (C=O) groups is 3. The number of methoxy groups -OCH3 is 1. The van der Waals surface area contributed by atoms with Gasteiger partial charge >= 0.3 is 6.09 Å². The summed E-state index contributed by atoms with van der Waals surface area (Å²) in [6.07, 6.45) is 3.68. The third-order valence-corrected chi connectivity index (χ3v) is 11.0. The van der Waals surface area contributed by atoms with Gasteiger partial charge in [0, 0.05) is 37.9 Å². The summed E-state index contributed by atoms with van der Waals surface area (Å²) in [6, 6.07) is 5.73. The lowest BCUT2D eigenvalue weighted by atomic mass is 9.75. The number of likely N-dealkylation sites (tertiary alicyclic amines) is 2. The van der Waals surface area contributed by atoms with E-state index in [2.05, 4.69) is 4.98 Å². The number of nitriles is 1. The molecule has 0 spiro atoms. The molecule has 0 bridgehead atoms. The lowest BCUT2D eigenvalue weighted by molar-refractivity contribution is -0.150. The zero-order valence-corrected chi connectivity index (χ0v) is 27.5. The fourth-order valence-electron chi connectivity index (χ4n) is 5.71. The number of pyridine rings is 1. The van der Waals surface area contributed by atoms with Crippen LogP contribution in [0.3, 0.4) is 0 Å². The molecule has 0 unspecified atom stereocenters. The number of sulfone groups is 1. The fraction of sp³-hybridized carbons (Fsp3) is 0.500. The Morgan fingerprint density at radius 3 is 2.36 bits per heavy atom. The second-order valence-electron chi connectivity index (χ2n) is 12.5. The summed E-state index contributed by atoms with van der Waals surface area (Å²) >= 11 is 12.4. The van der Waals surface area contributed by atoms with Gasteiger partial charge < -0.3 is 19.3 Å². The first kappa shape index (κ1) is 32.8. The molecule has 1 aliphatic carbocycles. The quantitative estimate of drug-likeness (QED) is 0.315. The van der Waals surface area contributed by atoms with E-state index in [0.717, 1.165) is 4.90 Å². The monoisotopic (exact) mass is 677 g/mol. The molecule has 0 N–H and O–H groups in total. The Hall–Kier alpha value is -3.60. The van der Waals surface area contributed by atoms with Crippen molar-refractivity contribution in [3.05, 3.63) is 52.3 Å². The number of benzene rings is 1. The molecule has 3 amide bonds. The SMILES string of the molecule is COc1ccc(S(=O)(=O)[C@@H]2C[C@@H](C(=O)N(C#N)C3CC3)N(C(=O)C3(c4ccc(Cl)cn4)CN(C(=O)OC(C)(C)C)C3)C2)c(Cl)c1. The minimum absolute atomic E-state index is 0.0625. The largest absolute Gasteiger partial charge is 0.497 e. The summed E-state index contributed by atoms with van der Waals surface area (Å²) in [5, 5.41) is 8.87. The first-order valence-corrected chi connectivity index (χ1v) is 16.6. The van der Waals surface area contributed by atoms with Crippen LogP contribution in [0.15, 0.2) is 41.4 Å². The highest BCUT2D eigenvalue weighted by molar-refractivity contribution is 7.92. The van der Waals surface area contributed by atoms with Gasteiger partial charge in [-0.3, -0.25) is 14.6 Å². The zero-order chi connectivity index (χ0) is 32.9. The number of nitrogens with zero attached hydrogens (tertiary/aromatic N) is 5. The molecular formula is C30H33Cl2N5O7S. The van der Waals surface area contributed by atoms with E-state index in [4.69, 9.17) is 32.7 Å². The van der Waals surface area contributed by atoms with Crippen molar-refractivity contribution in [3.63, 3.8) is 0 Å². The van der Waals surface area contributed by atoms with Crippen LogP contribution in [0, 0.1) is 11.5 Å². The summed E-state index contributed by atoms with van der Waals surface area (Å²) in [5.41, 5.74) is -1.90. The van der Waals surface area contributed by atoms with Gasteiger partial charge in [-0.1, -0.05) is 23.2 Å². The van der Waals surface area contributed by atoms with Crippen molar-refractivity contribution in [1.29, 1.82) is 5.26 Å². The molecule has 15 heteroatoms. The van der Waals surface area contributed by atoms with Crippen LogP contribution < -0.4 is 4.74 Å². The van der Waals surface area contributed by atoms with Crippen LogP contribution in [-0.2, 0) is 29.6 Å². The fourth-order valence-corrected chi connectivity index (χ4v) is 8.05. The molecule has 2 atom stereocenters. The number of carbonyl (C=O) groups excluding carboxylic acids is 3. The van der Waals surface area contributed by atoms with Crippen molar-refractivity contribution in [2.45, 2.75) is 73.3 Å². The molecular weight excluding hydrogens is 645 g/mol. The molecule has 5 rings (SSSR count). The number of aromatic nitrogens is 1. The number of hydrogen-bond acceptors (Lipinski definition) is 9. The van der Waals surface area contributed by atoms with Gasteiger partial charge in [-0.05, 0) is 64.3 Å². The highest BCUT2D eigenvalue weighted by Gasteiger charge is 2.59. The van der Waals surface area contributed by atoms with Crippen molar-refractivity contribution in [3.8, 4) is 11.9 Å². The normalized spacial score (nSPS) is 21.0. The van der Waals surface area contributed by atoms with Crippen LogP contribution in [0.25, 0.3) is 0 Å². The molecule has 0 radical (unpaired) electrons. The van der Waals surface area contributed by atoms with E-state index in [-0.39, 0.29) is 42.0 Å². The van der Waals surface area contributed by atoms with Crippen LogP contribution in [-0.4, -0.2) is 95.7 Å². The smallest absolute Gasteiger partial charge is 0.410 e.